The number of hydrogen-bond acceptors (Lipinski definition) is 7. The van der Waals surface area contributed by atoms with Crippen molar-refractivity contribution in [3.8, 4) is 0 Å². The molecule has 2 amide bonds. The van der Waals surface area contributed by atoms with E-state index in [0.717, 1.165) is 16.9 Å². The molecule has 10 nitrogen and oxygen atoms in total. The van der Waals surface area contributed by atoms with Crippen molar-refractivity contribution in [1.82, 2.24) is 0 Å². The normalized spacial score (nSPS) is 13.2. The standard InChI is InChI=1S/C21H18N4O6S2/c26-20(21(27)23-16-6-1-2-7-17(16)25(28)29)22-15-10-9-14-5-3-11-24(18(14)13-15)33(30,31)19-8-4-12-32-19/h1-2,4,6-10,12-13H,3,5,11H2,(H,22,26)(H,23,27). The molecule has 0 fully saturated rings. The molecular weight excluding hydrogens is 468 g/mol. The molecule has 170 valence electrons. The number of nitro groups is 1. The summed E-state index contributed by atoms with van der Waals surface area (Å²) in [5, 5.41) is 17.4. The van der Waals surface area contributed by atoms with Crippen molar-refractivity contribution in [2.24, 2.45) is 0 Å². The summed E-state index contributed by atoms with van der Waals surface area (Å²) in [5.41, 5.74) is 1.02. The lowest BCUT2D eigenvalue weighted by atomic mass is 10.0. The summed E-state index contributed by atoms with van der Waals surface area (Å²) in [5.74, 6) is -2.14. The Kier molecular flexibility index (Phi) is 6.11. The first-order valence-electron chi connectivity index (χ1n) is 9.82. The van der Waals surface area contributed by atoms with Gasteiger partial charge < -0.3 is 10.6 Å². The quantitative estimate of drug-likeness (QED) is 0.322. The maximum absolute atomic E-state index is 13.1. The summed E-state index contributed by atoms with van der Waals surface area (Å²) in [6.07, 6.45) is 1.33. The van der Waals surface area contributed by atoms with Crippen LogP contribution < -0.4 is 14.9 Å². The summed E-state index contributed by atoms with van der Waals surface area (Å²) in [7, 11) is -3.75. The van der Waals surface area contributed by atoms with Crippen LogP contribution in [-0.2, 0) is 26.0 Å². The van der Waals surface area contributed by atoms with E-state index in [1.807, 2.05) is 0 Å². The zero-order valence-corrected chi connectivity index (χ0v) is 18.7. The van der Waals surface area contributed by atoms with Crippen molar-refractivity contribution in [2.45, 2.75) is 17.1 Å². The molecule has 0 spiro atoms. The number of rotatable bonds is 5. The molecule has 0 bridgehead atoms. The maximum atomic E-state index is 13.1. The van der Waals surface area contributed by atoms with Crippen LogP contribution in [0.25, 0.3) is 0 Å². The number of sulfonamides is 1. The molecule has 3 aromatic rings. The van der Waals surface area contributed by atoms with Crippen LogP contribution in [0.5, 0.6) is 0 Å². The van der Waals surface area contributed by atoms with Crippen LogP contribution in [0.4, 0.5) is 22.7 Å². The van der Waals surface area contributed by atoms with Gasteiger partial charge in [-0.2, -0.15) is 0 Å². The van der Waals surface area contributed by atoms with E-state index in [-0.39, 0.29) is 21.3 Å². The van der Waals surface area contributed by atoms with Gasteiger partial charge in [-0.1, -0.05) is 24.3 Å². The number of benzene rings is 2. The lowest BCUT2D eigenvalue weighted by molar-refractivity contribution is -0.383. The monoisotopic (exact) mass is 486 g/mol. The summed E-state index contributed by atoms with van der Waals surface area (Å²) < 4.78 is 27.7. The number of thiophene rings is 1. The van der Waals surface area contributed by atoms with E-state index in [9.17, 15) is 28.1 Å². The first kappa shape index (κ1) is 22.4. The minimum absolute atomic E-state index is 0.110. The summed E-state index contributed by atoms with van der Waals surface area (Å²) >= 11 is 1.12. The SMILES string of the molecule is O=C(Nc1ccc2c(c1)N(S(=O)(=O)c1cccs1)CCC2)C(=O)Nc1ccccc1[N+](=O)[O-]. The summed E-state index contributed by atoms with van der Waals surface area (Å²) in [6.45, 7) is 0.294. The van der Waals surface area contributed by atoms with Crippen molar-refractivity contribution in [3.63, 3.8) is 0 Å². The van der Waals surface area contributed by atoms with Gasteiger partial charge in [0.15, 0.2) is 0 Å². The molecule has 2 aromatic carbocycles. The number of nitrogens with zero attached hydrogens (tertiary/aromatic N) is 2. The average Bonchev–Trinajstić information content (AvgIpc) is 3.35. The van der Waals surface area contributed by atoms with E-state index in [0.29, 0.717) is 25.1 Å². The predicted molar refractivity (Wildman–Crippen MR) is 124 cm³/mol. The van der Waals surface area contributed by atoms with E-state index >= 15 is 0 Å². The number of carbonyl (C=O) groups is 2. The first-order chi connectivity index (χ1) is 15.8. The summed E-state index contributed by atoms with van der Waals surface area (Å²) in [4.78, 5) is 35.1. The molecule has 2 heterocycles. The number of carbonyl (C=O) groups excluding carboxylic acids is 2. The van der Waals surface area contributed by atoms with Gasteiger partial charge in [0.25, 0.3) is 15.7 Å². The third-order valence-electron chi connectivity index (χ3n) is 5.01. The van der Waals surface area contributed by atoms with Gasteiger partial charge in [0.2, 0.25) is 0 Å². The van der Waals surface area contributed by atoms with Crippen LogP contribution in [-0.4, -0.2) is 31.7 Å². The van der Waals surface area contributed by atoms with Gasteiger partial charge in [-0.25, -0.2) is 8.42 Å². The minimum atomic E-state index is -3.75. The van der Waals surface area contributed by atoms with Gasteiger partial charge in [0, 0.05) is 18.3 Å². The van der Waals surface area contributed by atoms with E-state index in [4.69, 9.17) is 0 Å². The Morgan fingerprint density at radius 3 is 2.52 bits per heavy atom. The van der Waals surface area contributed by atoms with Crippen LogP contribution in [0.2, 0.25) is 0 Å². The fourth-order valence-corrected chi connectivity index (χ4v) is 6.13. The maximum Gasteiger partial charge on any atom is 0.314 e. The molecule has 0 radical (unpaired) electrons. The zero-order chi connectivity index (χ0) is 23.6. The Bertz CT molecular complexity index is 1340. The lowest BCUT2D eigenvalue weighted by Gasteiger charge is -2.30. The molecule has 4 rings (SSSR count). The van der Waals surface area contributed by atoms with Gasteiger partial charge in [-0.3, -0.25) is 24.0 Å². The first-order valence-corrected chi connectivity index (χ1v) is 12.1. The molecule has 1 aliphatic heterocycles. The highest BCUT2D eigenvalue weighted by Crippen LogP contribution is 2.35. The zero-order valence-electron chi connectivity index (χ0n) is 17.1. The third kappa shape index (κ3) is 4.56. The Morgan fingerprint density at radius 1 is 1.03 bits per heavy atom. The van der Waals surface area contributed by atoms with Crippen molar-refractivity contribution < 1.29 is 22.9 Å². The molecule has 1 aliphatic rings. The molecule has 0 aliphatic carbocycles. The highest BCUT2D eigenvalue weighted by molar-refractivity contribution is 7.94. The van der Waals surface area contributed by atoms with Gasteiger partial charge in [-0.05, 0) is 48.1 Å². The number of anilines is 3. The van der Waals surface area contributed by atoms with Gasteiger partial charge >= 0.3 is 11.8 Å². The van der Waals surface area contributed by atoms with Crippen LogP contribution in [0, 0.1) is 10.1 Å². The van der Waals surface area contributed by atoms with Crippen LogP contribution in [0.3, 0.4) is 0 Å². The second kappa shape index (κ2) is 9.00. The highest BCUT2D eigenvalue weighted by atomic mass is 32.2. The molecule has 0 saturated heterocycles. The molecule has 1 aromatic heterocycles. The smallest absolute Gasteiger partial charge is 0.314 e. The third-order valence-corrected chi connectivity index (χ3v) is 8.20. The number of amides is 2. The lowest BCUT2D eigenvalue weighted by Crippen LogP contribution is -2.35. The van der Waals surface area contributed by atoms with Crippen LogP contribution >= 0.6 is 11.3 Å². The highest BCUT2D eigenvalue weighted by Gasteiger charge is 2.30. The van der Waals surface area contributed by atoms with E-state index < -0.39 is 26.8 Å². The average molecular weight is 487 g/mol. The number of para-hydroxylation sites is 2. The minimum Gasteiger partial charge on any atom is -0.318 e. The largest absolute Gasteiger partial charge is 0.318 e. The molecule has 2 N–H and O–H groups in total. The Balaban J connectivity index is 1.55. The number of fused-ring (bicyclic) bond motifs is 1. The van der Waals surface area contributed by atoms with Gasteiger partial charge in [0.1, 0.15) is 9.90 Å². The van der Waals surface area contributed by atoms with Crippen LogP contribution in [0.1, 0.15) is 12.0 Å². The molecule has 0 atom stereocenters. The van der Waals surface area contributed by atoms with E-state index in [1.54, 1.807) is 23.6 Å². The fourth-order valence-electron chi connectivity index (χ4n) is 3.49. The van der Waals surface area contributed by atoms with Crippen molar-refractivity contribution in [1.29, 1.82) is 0 Å². The van der Waals surface area contributed by atoms with Crippen LogP contribution in [0.15, 0.2) is 64.2 Å². The second-order valence-corrected chi connectivity index (χ2v) is 10.2. The predicted octanol–water partition coefficient (Wildman–Crippen LogP) is 3.38. The number of nitro benzene ring substituents is 1. The number of hydrogen-bond donors (Lipinski definition) is 2. The van der Waals surface area contributed by atoms with Gasteiger partial charge in [0.05, 0.1) is 10.6 Å². The molecule has 0 unspecified atom stereocenters. The number of nitrogens with one attached hydrogen (secondary N) is 2. The Morgan fingerprint density at radius 2 is 1.79 bits per heavy atom. The second-order valence-electron chi connectivity index (χ2n) is 7.14. The molecule has 33 heavy (non-hydrogen) atoms. The molecule has 0 saturated carbocycles. The Hall–Kier alpha value is -3.77. The molecule has 12 heteroatoms. The fraction of sp³-hybridized carbons (Fsp3) is 0.143. The number of aryl methyl sites for hydroxylation is 1. The van der Waals surface area contributed by atoms with E-state index in [1.165, 1.54) is 40.7 Å². The summed E-state index contributed by atoms with van der Waals surface area (Å²) in [6, 6.07) is 13.5. The molecular formula is C21H18N4O6S2. The van der Waals surface area contributed by atoms with Crippen molar-refractivity contribution in [2.75, 3.05) is 21.5 Å². The topological polar surface area (TPSA) is 139 Å². The van der Waals surface area contributed by atoms with Crippen molar-refractivity contribution >= 4 is 55.9 Å². The van der Waals surface area contributed by atoms with Gasteiger partial charge in [-0.15, -0.1) is 11.3 Å². The van der Waals surface area contributed by atoms with Crippen molar-refractivity contribution in [3.05, 3.63) is 75.7 Å². The van der Waals surface area contributed by atoms with E-state index in [2.05, 4.69) is 10.6 Å². The Labute approximate surface area is 193 Å².